The molecule has 116 valence electrons. The van der Waals surface area contributed by atoms with Gasteiger partial charge in [0.1, 0.15) is 11.5 Å². The number of hydrogen-bond acceptors (Lipinski definition) is 4. The molecule has 6 heteroatoms. The van der Waals surface area contributed by atoms with E-state index >= 15 is 0 Å². The molecule has 0 saturated heterocycles. The minimum absolute atomic E-state index is 0.160. The summed E-state index contributed by atoms with van der Waals surface area (Å²) >= 11 is 0. The van der Waals surface area contributed by atoms with Gasteiger partial charge in [0, 0.05) is 12.8 Å². The molecule has 0 saturated carbocycles. The van der Waals surface area contributed by atoms with Crippen LogP contribution in [0.3, 0.4) is 0 Å². The zero-order valence-electron chi connectivity index (χ0n) is 12.1. The van der Waals surface area contributed by atoms with Gasteiger partial charge in [-0.05, 0) is 29.8 Å². The van der Waals surface area contributed by atoms with Gasteiger partial charge in [0.2, 0.25) is 5.91 Å². The molecule has 0 spiro atoms. The number of ether oxygens (including phenoxy) is 1. The van der Waals surface area contributed by atoms with Crippen molar-refractivity contribution in [1.29, 1.82) is 0 Å². The van der Waals surface area contributed by atoms with E-state index in [4.69, 9.17) is 9.15 Å². The molecule has 1 atom stereocenters. The van der Waals surface area contributed by atoms with E-state index in [-0.39, 0.29) is 12.3 Å². The summed E-state index contributed by atoms with van der Waals surface area (Å²) in [6.07, 6.45) is 2.12. The van der Waals surface area contributed by atoms with Crippen molar-refractivity contribution in [3.63, 3.8) is 0 Å². The number of hydrogen-bond donors (Lipinski definition) is 2. The lowest BCUT2D eigenvalue weighted by atomic mass is 10.1. The van der Waals surface area contributed by atoms with Crippen LogP contribution < -0.4 is 10.1 Å². The van der Waals surface area contributed by atoms with Crippen molar-refractivity contribution in [1.82, 2.24) is 5.32 Å². The minimum Gasteiger partial charge on any atom is -0.497 e. The summed E-state index contributed by atoms with van der Waals surface area (Å²) in [5.41, 5.74) is 0.486. The smallest absolute Gasteiger partial charge is 0.330 e. The van der Waals surface area contributed by atoms with Gasteiger partial charge in [0.05, 0.1) is 13.4 Å². The van der Waals surface area contributed by atoms with Crippen LogP contribution in [-0.4, -0.2) is 24.1 Å². The molecule has 1 heterocycles. The maximum absolute atomic E-state index is 11.9. The Kier molecular flexibility index (Phi) is 5.19. The van der Waals surface area contributed by atoms with Crippen LogP contribution in [0, 0.1) is 0 Å². The van der Waals surface area contributed by atoms with Gasteiger partial charge >= 0.3 is 5.97 Å². The second-order valence-electron chi connectivity index (χ2n) is 4.69. The van der Waals surface area contributed by atoms with E-state index in [1.54, 1.807) is 36.4 Å². The number of carbonyl (C=O) groups is 2. The number of nitrogens with one attached hydrogen (secondary N) is 1. The van der Waals surface area contributed by atoms with Crippen LogP contribution in [0.2, 0.25) is 0 Å². The Labute approximate surface area is 127 Å². The number of aliphatic carboxylic acids is 1. The zero-order chi connectivity index (χ0) is 15.9. The summed E-state index contributed by atoms with van der Waals surface area (Å²) in [4.78, 5) is 23.3. The summed E-state index contributed by atoms with van der Waals surface area (Å²) in [5, 5.41) is 11.8. The Morgan fingerprint density at radius 2 is 2.00 bits per heavy atom. The molecule has 0 aliphatic carbocycles. The largest absolute Gasteiger partial charge is 0.497 e. The third-order valence-electron chi connectivity index (χ3n) is 3.18. The predicted octanol–water partition coefficient (Wildman–Crippen LogP) is 2.16. The first-order chi connectivity index (χ1) is 10.6. The molecule has 0 radical (unpaired) electrons. The number of amides is 1. The fourth-order valence-electron chi connectivity index (χ4n) is 2.01. The lowest BCUT2D eigenvalue weighted by Crippen LogP contribution is -2.33. The third-order valence-corrected chi connectivity index (χ3v) is 3.18. The first-order valence-electron chi connectivity index (χ1n) is 6.78. The molecule has 0 fully saturated rings. The summed E-state index contributed by atoms with van der Waals surface area (Å²) in [6, 6.07) is 8.96. The highest BCUT2D eigenvalue weighted by molar-refractivity contribution is 5.84. The predicted molar refractivity (Wildman–Crippen MR) is 78.5 cm³/mol. The normalized spacial score (nSPS) is 11.7. The van der Waals surface area contributed by atoms with E-state index in [1.807, 2.05) is 0 Å². The first-order valence-corrected chi connectivity index (χ1v) is 6.78. The fraction of sp³-hybridized carbons (Fsp3) is 0.250. The van der Waals surface area contributed by atoms with Crippen molar-refractivity contribution in [2.24, 2.45) is 0 Å². The Bertz CT molecular complexity index is 618. The number of benzene rings is 1. The Morgan fingerprint density at radius 1 is 1.27 bits per heavy atom. The van der Waals surface area contributed by atoms with Crippen LogP contribution in [0.25, 0.3) is 0 Å². The number of rotatable bonds is 7. The number of carboxylic acid groups (broad SMARTS) is 1. The fourth-order valence-corrected chi connectivity index (χ4v) is 2.01. The highest BCUT2D eigenvalue weighted by Crippen LogP contribution is 2.18. The second-order valence-corrected chi connectivity index (χ2v) is 4.69. The van der Waals surface area contributed by atoms with Crippen molar-refractivity contribution in [2.75, 3.05) is 7.11 Å². The van der Waals surface area contributed by atoms with Crippen LogP contribution in [0.15, 0.2) is 47.1 Å². The number of aryl methyl sites for hydroxylation is 1. The monoisotopic (exact) mass is 303 g/mol. The molecule has 2 aromatic rings. The molecule has 6 nitrogen and oxygen atoms in total. The zero-order valence-corrected chi connectivity index (χ0v) is 12.1. The summed E-state index contributed by atoms with van der Waals surface area (Å²) in [6.45, 7) is 0. The number of furan rings is 1. The quantitative estimate of drug-likeness (QED) is 0.818. The van der Waals surface area contributed by atoms with E-state index in [9.17, 15) is 14.7 Å². The van der Waals surface area contributed by atoms with Gasteiger partial charge in [-0.3, -0.25) is 4.79 Å². The van der Waals surface area contributed by atoms with E-state index in [0.29, 0.717) is 23.5 Å². The van der Waals surface area contributed by atoms with Gasteiger partial charge < -0.3 is 19.6 Å². The molecular weight excluding hydrogens is 286 g/mol. The van der Waals surface area contributed by atoms with Crippen molar-refractivity contribution >= 4 is 11.9 Å². The minimum atomic E-state index is -1.11. The van der Waals surface area contributed by atoms with Crippen molar-refractivity contribution < 1.29 is 23.8 Å². The van der Waals surface area contributed by atoms with E-state index in [0.717, 1.165) is 0 Å². The van der Waals surface area contributed by atoms with Crippen molar-refractivity contribution in [3.8, 4) is 5.75 Å². The molecule has 1 aromatic heterocycles. The SMILES string of the molecule is COc1ccc(C(NC(=O)CCc2ccco2)C(=O)O)cc1. The van der Waals surface area contributed by atoms with Crippen LogP contribution in [0.1, 0.15) is 23.8 Å². The van der Waals surface area contributed by atoms with Gasteiger partial charge in [-0.2, -0.15) is 0 Å². The molecular formula is C16H17NO5. The van der Waals surface area contributed by atoms with Gasteiger partial charge in [-0.15, -0.1) is 0 Å². The maximum atomic E-state index is 11.9. The molecule has 0 aliphatic rings. The molecule has 0 aliphatic heterocycles. The van der Waals surface area contributed by atoms with Crippen LogP contribution >= 0.6 is 0 Å². The molecule has 2 N–H and O–H groups in total. The highest BCUT2D eigenvalue weighted by Gasteiger charge is 2.22. The van der Waals surface area contributed by atoms with Gasteiger partial charge in [-0.1, -0.05) is 12.1 Å². The Morgan fingerprint density at radius 3 is 2.55 bits per heavy atom. The average Bonchev–Trinajstić information content (AvgIpc) is 3.04. The number of carbonyl (C=O) groups excluding carboxylic acids is 1. The first kappa shape index (κ1) is 15.6. The lowest BCUT2D eigenvalue weighted by Gasteiger charge is -2.15. The molecule has 2 rings (SSSR count). The van der Waals surface area contributed by atoms with Gasteiger partial charge in [0.15, 0.2) is 6.04 Å². The summed E-state index contributed by atoms with van der Waals surface area (Å²) in [5.74, 6) is -0.153. The average molecular weight is 303 g/mol. The highest BCUT2D eigenvalue weighted by atomic mass is 16.5. The molecule has 1 aromatic carbocycles. The van der Waals surface area contributed by atoms with Gasteiger partial charge in [-0.25, -0.2) is 4.79 Å². The van der Waals surface area contributed by atoms with E-state index < -0.39 is 12.0 Å². The second kappa shape index (κ2) is 7.31. The van der Waals surface area contributed by atoms with Crippen molar-refractivity contribution in [2.45, 2.75) is 18.9 Å². The third kappa shape index (κ3) is 4.12. The van der Waals surface area contributed by atoms with Crippen LogP contribution in [0.4, 0.5) is 0 Å². The number of carboxylic acids is 1. The lowest BCUT2D eigenvalue weighted by molar-refractivity contribution is -0.142. The summed E-state index contributed by atoms with van der Waals surface area (Å²) < 4.78 is 10.2. The van der Waals surface area contributed by atoms with E-state index in [2.05, 4.69) is 5.32 Å². The van der Waals surface area contributed by atoms with Crippen molar-refractivity contribution in [3.05, 3.63) is 54.0 Å². The molecule has 22 heavy (non-hydrogen) atoms. The van der Waals surface area contributed by atoms with E-state index in [1.165, 1.54) is 13.4 Å². The summed E-state index contributed by atoms with van der Waals surface area (Å²) in [7, 11) is 1.53. The number of methoxy groups -OCH3 is 1. The standard InChI is InChI=1S/C16H17NO5/c1-21-12-6-4-11(5-7-12)15(16(19)20)17-14(18)9-8-13-3-2-10-22-13/h2-7,10,15H,8-9H2,1H3,(H,17,18)(H,19,20). The maximum Gasteiger partial charge on any atom is 0.330 e. The Hall–Kier alpha value is -2.76. The van der Waals surface area contributed by atoms with Crippen LogP contribution in [0.5, 0.6) is 5.75 Å². The van der Waals surface area contributed by atoms with Crippen LogP contribution in [-0.2, 0) is 16.0 Å². The Balaban J connectivity index is 1.98. The molecule has 1 amide bonds. The molecule has 1 unspecified atom stereocenters. The topological polar surface area (TPSA) is 88.8 Å². The molecule has 0 bridgehead atoms. The van der Waals surface area contributed by atoms with Gasteiger partial charge in [0.25, 0.3) is 0 Å².